The number of likely N-dealkylation sites (tertiary alicyclic amines) is 1. The minimum absolute atomic E-state index is 0.130. The smallest absolute Gasteiger partial charge is 0.224 e. The van der Waals surface area contributed by atoms with Gasteiger partial charge in [-0.1, -0.05) is 13.3 Å². The van der Waals surface area contributed by atoms with Gasteiger partial charge in [-0.3, -0.25) is 0 Å². The summed E-state index contributed by atoms with van der Waals surface area (Å²) in [5.41, 5.74) is 2.52. The summed E-state index contributed by atoms with van der Waals surface area (Å²) < 4.78 is 2.42. The number of hydrogen-bond donors (Lipinski definition) is 2. The van der Waals surface area contributed by atoms with Crippen LogP contribution in [0, 0.1) is 5.92 Å². The van der Waals surface area contributed by atoms with Crippen LogP contribution in [0.3, 0.4) is 0 Å². The van der Waals surface area contributed by atoms with Gasteiger partial charge in [0.25, 0.3) is 0 Å². The Morgan fingerprint density at radius 3 is 2.59 bits per heavy atom. The van der Waals surface area contributed by atoms with Gasteiger partial charge in [-0.2, -0.15) is 4.98 Å². The van der Waals surface area contributed by atoms with E-state index in [9.17, 15) is 5.11 Å². The highest BCUT2D eigenvalue weighted by atomic mass is 16.3. The van der Waals surface area contributed by atoms with Crippen molar-refractivity contribution in [3.8, 4) is 0 Å². The van der Waals surface area contributed by atoms with Crippen LogP contribution in [0.1, 0.15) is 75.8 Å². The van der Waals surface area contributed by atoms with Gasteiger partial charge in [0.15, 0.2) is 0 Å². The molecule has 3 heterocycles. The van der Waals surface area contributed by atoms with Crippen molar-refractivity contribution in [2.45, 2.75) is 82.4 Å². The van der Waals surface area contributed by atoms with Gasteiger partial charge in [0.05, 0.1) is 6.10 Å². The second-order valence-electron chi connectivity index (χ2n) is 9.62. The Morgan fingerprint density at radius 1 is 1.14 bits per heavy atom. The van der Waals surface area contributed by atoms with Crippen molar-refractivity contribution in [2.24, 2.45) is 5.92 Å². The van der Waals surface area contributed by atoms with Gasteiger partial charge < -0.3 is 19.9 Å². The molecule has 2 saturated carbocycles. The highest BCUT2D eigenvalue weighted by Crippen LogP contribution is 2.39. The fourth-order valence-corrected chi connectivity index (χ4v) is 5.42. The van der Waals surface area contributed by atoms with E-state index in [1.165, 1.54) is 36.6 Å². The molecule has 0 aromatic carbocycles. The SMILES string of the molecule is CC[C@@H]1C[C@H]1Nc1ncc2c(C3CCN(C)CC3)cn(C3CCC(O)CC3)c2n1. The number of nitrogens with zero attached hydrogens (tertiary/aromatic N) is 4. The maximum Gasteiger partial charge on any atom is 0.224 e. The summed E-state index contributed by atoms with van der Waals surface area (Å²) in [5, 5.41) is 14.8. The molecule has 2 atom stereocenters. The Balaban J connectivity index is 1.48. The molecule has 0 radical (unpaired) electrons. The monoisotopic (exact) mass is 397 g/mol. The molecule has 29 heavy (non-hydrogen) atoms. The van der Waals surface area contributed by atoms with Crippen LogP contribution in [0.2, 0.25) is 0 Å². The van der Waals surface area contributed by atoms with Crippen LogP contribution < -0.4 is 5.32 Å². The van der Waals surface area contributed by atoms with E-state index in [4.69, 9.17) is 9.97 Å². The average Bonchev–Trinajstić information content (AvgIpc) is 3.38. The number of anilines is 1. The lowest BCUT2D eigenvalue weighted by Crippen LogP contribution is -2.29. The standard InChI is InChI=1S/C23H35N5O/c1-3-15-12-21(15)25-23-24-13-19-20(16-8-10-27(2)11-9-16)14-28(22(19)26-23)17-4-6-18(29)7-5-17/h13-18,21,29H,3-12H2,1-2H3,(H,24,25,26)/t15-,17?,18?,21-/m1/s1. The van der Waals surface area contributed by atoms with Crippen molar-refractivity contribution in [3.05, 3.63) is 18.0 Å². The Morgan fingerprint density at radius 2 is 1.90 bits per heavy atom. The van der Waals surface area contributed by atoms with Gasteiger partial charge in [0.2, 0.25) is 5.95 Å². The number of aliphatic hydroxyl groups is 1. The number of aromatic nitrogens is 3. The minimum atomic E-state index is -0.130. The van der Waals surface area contributed by atoms with Gasteiger partial charge in [-0.25, -0.2) is 4.98 Å². The van der Waals surface area contributed by atoms with Gasteiger partial charge in [-0.05, 0) is 82.5 Å². The second-order valence-corrected chi connectivity index (χ2v) is 9.62. The molecule has 2 aromatic heterocycles. The molecule has 0 bridgehead atoms. The zero-order valence-electron chi connectivity index (χ0n) is 17.8. The van der Waals surface area contributed by atoms with Crippen LogP contribution in [0.5, 0.6) is 0 Å². The fourth-order valence-electron chi connectivity index (χ4n) is 5.42. The van der Waals surface area contributed by atoms with Crippen LogP contribution in [0.4, 0.5) is 5.95 Å². The van der Waals surface area contributed by atoms with Gasteiger partial charge in [-0.15, -0.1) is 0 Å². The first-order chi connectivity index (χ1) is 14.1. The van der Waals surface area contributed by atoms with Crippen molar-refractivity contribution in [1.29, 1.82) is 0 Å². The summed E-state index contributed by atoms with van der Waals surface area (Å²) in [6.45, 7) is 4.58. The predicted octanol–water partition coefficient (Wildman–Crippen LogP) is 3.93. The Labute approximate surface area is 173 Å². The Bertz CT molecular complexity index is 848. The number of piperidine rings is 1. The number of hydrogen-bond acceptors (Lipinski definition) is 5. The quantitative estimate of drug-likeness (QED) is 0.800. The highest BCUT2D eigenvalue weighted by molar-refractivity contribution is 5.81. The summed E-state index contributed by atoms with van der Waals surface area (Å²) in [6, 6.07) is 0.979. The molecule has 1 aliphatic heterocycles. The normalized spacial score (nSPS) is 31.3. The third-order valence-electron chi connectivity index (χ3n) is 7.58. The molecular weight excluding hydrogens is 362 g/mol. The number of aliphatic hydroxyl groups excluding tert-OH is 1. The van der Waals surface area contributed by atoms with Crippen LogP contribution in [0.15, 0.2) is 12.4 Å². The lowest BCUT2D eigenvalue weighted by atomic mass is 9.90. The molecule has 0 amide bonds. The molecular formula is C23H35N5O. The number of rotatable bonds is 5. The number of nitrogens with one attached hydrogen (secondary N) is 1. The van der Waals surface area contributed by atoms with E-state index in [0.717, 1.165) is 56.3 Å². The van der Waals surface area contributed by atoms with Gasteiger partial charge >= 0.3 is 0 Å². The molecule has 6 nitrogen and oxygen atoms in total. The molecule has 5 rings (SSSR count). The largest absolute Gasteiger partial charge is 0.393 e. The molecule has 158 valence electrons. The summed E-state index contributed by atoms with van der Waals surface area (Å²) in [7, 11) is 2.22. The molecule has 0 spiro atoms. The third kappa shape index (κ3) is 3.89. The van der Waals surface area contributed by atoms with E-state index in [2.05, 4.69) is 41.1 Å². The molecule has 3 aliphatic rings. The first kappa shape index (κ1) is 19.3. The van der Waals surface area contributed by atoms with E-state index in [-0.39, 0.29) is 6.10 Å². The second kappa shape index (κ2) is 7.88. The zero-order valence-corrected chi connectivity index (χ0v) is 17.8. The molecule has 3 fully saturated rings. The first-order valence-electron chi connectivity index (χ1n) is 11.6. The topological polar surface area (TPSA) is 66.2 Å². The summed E-state index contributed by atoms with van der Waals surface area (Å²) in [5.74, 6) is 2.15. The molecule has 6 heteroatoms. The predicted molar refractivity (Wildman–Crippen MR) is 116 cm³/mol. The van der Waals surface area contributed by atoms with Crippen molar-refractivity contribution in [3.63, 3.8) is 0 Å². The van der Waals surface area contributed by atoms with Crippen LogP contribution >= 0.6 is 0 Å². The van der Waals surface area contributed by atoms with Gasteiger partial charge in [0.1, 0.15) is 5.65 Å². The Hall–Kier alpha value is -1.66. The molecule has 2 aromatic rings. The van der Waals surface area contributed by atoms with Crippen LogP contribution in [0.25, 0.3) is 11.0 Å². The van der Waals surface area contributed by atoms with E-state index in [1.54, 1.807) is 0 Å². The third-order valence-corrected chi connectivity index (χ3v) is 7.58. The zero-order chi connectivity index (χ0) is 20.0. The van der Waals surface area contributed by atoms with Gasteiger partial charge in [0, 0.05) is 29.9 Å². The summed E-state index contributed by atoms with van der Waals surface area (Å²) in [6.07, 6.45) is 13.0. The summed E-state index contributed by atoms with van der Waals surface area (Å²) in [4.78, 5) is 12.2. The Kier molecular flexibility index (Phi) is 5.25. The number of fused-ring (bicyclic) bond motifs is 1. The van der Waals surface area contributed by atoms with E-state index < -0.39 is 0 Å². The maximum atomic E-state index is 9.97. The van der Waals surface area contributed by atoms with E-state index in [1.807, 2.05) is 0 Å². The fraction of sp³-hybridized carbons (Fsp3) is 0.739. The molecule has 1 saturated heterocycles. The average molecular weight is 398 g/mol. The van der Waals surface area contributed by atoms with E-state index in [0.29, 0.717) is 18.0 Å². The lowest BCUT2D eigenvalue weighted by molar-refractivity contribution is 0.111. The molecule has 2 N–H and O–H groups in total. The summed E-state index contributed by atoms with van der Waals surface area (Å²) >= 11 is 0. The maximum absolute atomic E-state index is 9.97. The van der Waals surface area contributed by atoms with Crippen LogP contribution in [-0.2, 0) is 0 Å². The van der Waals surface area contributed by atoms with Crippen molar-refractivity contribution in [2.75, 3.05) is 25.5 Å². The van der Waals surface area contributed by atoms with E-state index >= 15 is 0 Å². The molecule has 2 aliphatic carbocycles. The van der Waals surface area contributed by atoms with Crippen molar-refractivity contribution in [1.82, 2.24) is 19.4 Å². The molecule has 0 unspecified atom stereocenters. The van der Waals surface area contributed by atoms with Crippen LogP contribution in [-0.4, -0.2) is 56.8 Å². The highest BCUT2D eigenvalue weighted by Gasteiger charge is 2.36. The lowest BCUT2D eigenvalue weighted by Gasteiger charge is -2.29. The van der Waals surface area contributed by atoms with Crippen molar-refractivity contribution >= 4 is 17.0 Å². The van der Waals surface area contributed by atoms with Crippen molar-refractivity contribution < 1.29 is 5.11 Å². The first-order valence-corrected chi connectivity index (χ1v) is 11.6. The minimum Gasteiger partial charge on any atom is -0.393 e.